The SMILES string of the molecule is CS(=O)(=O)Nc1cccc(C(=O)OCC(=O)NC[C@H]2COc3ccccc3O2)c1. The van der Waals surface area contributed by atoms with Crippen LogP contribution in [0.25, 0.3) is 0 Å². The highest BCUT2D eigenvalue weighted by Crippen LogP contribution is 2.30. The number of sulfonamides is 1. The van der Waals surface area contributed by atoms with Gasteiger partial charge in [0.25, 0.3) is 5.91 Å². The lowest BCUT2D eigenvalue weighted by molar-refractivity contribution is -0.124. The van der Waals surface area contributed by atoms with Crippen molar-refractivity contribution in [3.63, 3.8) is 0 Å². The van der Waals surface area contributed by atoms with Gasteiger partial charge >= 0.3 is 5.97 Å². The fourth-order valence-corrected chi connectivity index (χ4v) is 3.14. The topological polar surface area (TPSA) is 120 Å². The first-order valence-electron chi connectivity index (χ1n) is 8.70. The molecule has 0 saturated heterocycles. The summed E-state index contributed by atoms with van der Waals surface area (Å²) in [6.07, 6.45) is 0.644. The molecule has 0 fully saturated rings. The number of rotatable bonds is 7. The molecular formula is C19H20N2O7S. The van der Waals surface area contributed by atoms with Crippen LogP contribution in [0, 0.1) is 0 Å². The lowest BCUT2D eigenvalue weighted by Gasteiger charge is -2.26. The molecule has 2 aromatic carbocycles. The Morgan fingerprint density at radius 1 is 1.14 bits per heavy atom. The maximum atomic E-state index is 12.1. The van der Waals surface area contributed by atoms with Crippen LogP contribution in [-0.4, -0.2) is 52.4 Å². The number of hydrogen-bond donors (Lipinski definition) is 2. The fourth-order valence-electron chi connectivity index (χ4n) is 2.58. The summed E-state index contributed by atoms with van der Waals surface area (Å²) < 4.78 is 41.1. The summed E-state index contributed by atoms with van der Waals surface area (Å²) in [6, 6.07) is 13.0. The summed E-state index contributed by atoms with van der Waals surface area (Å²) in [6.45, 7) is 0.00240. The van der Waals surface area contributed by atoms with Crippen LogP contribution in [0.4, 0.5) is 5.69 Å². The number of ether oxygens (including phenoxy) is 3. The minimum Gasteiger partial charge on any atom is -0.486 e. The van der Waals surface area contributed by atoms with Crippen molar-refractivity contribution in [1.82, 2.24) is 5.32 Å². The molecule has 2 aromatic rings. The zero-order valence-corrected chi connectivity index (χ0v) is 16.4. The molecule has 0 unspecified atom stereocenters. The number of para-hydroxylation sites is 2. The van der Waals surface area contributed by atoms with Gasteiger partial charge in [0.2, 0.25) is 10.0 Å². The monoisotopic (exact) mass is 420 g/mol. The summed E-state index contributed by atoms with van der Waals surface area (Å²) >= 11 is 0. The van der Waals surface area contributed by atoms with Gasteiger partial charge in [-0.05, 0) is 30.3 Å². The maximum absolute atomic E-state index is 12.1. The second kappa shape index (κ2) is 8.82. The van der Waals surface area contributed by atoms with Crippen LogP contribution in [0.2, 0.25) is 0 Å². The highest BCUT2D eigenvalue weighted by Gasteiger charge is 2.21. The molecule has 1 atom stereocenters. The third-order valence-electron chi connectivity index (χ3n) is 3.83. The minimum absolute atomic E-state index is 0.118. The number of carbonyl (C=O) groups excluding carboxylic acids is 2. The number of amides is 1. The first-order chi connectivity index (χ1) is 13.8. The first kappa shape index (κ1) is 20.5. The van der Waals surface area contributed by atoms with Crippen molar-refractivity contribution >= 4 is 27.6 Å². The van der Waals surface area contributed by atoms with Crippen molar-refractivity contribution in [2.24, 2.45) is 0 Å². The Labute approximate surface area is 168 Å². The summed E-state index contributed by atoms with van der Waals surface area (Å²) in [7, 11) is -3.47. The minimum atomic E-state index is -3.47. The van der Waals surface area contributed by atoms with Gasteiger partial charge in [0.05, 0.1) is 18.4 Å². The van der Waals surface area contributed by atoms with Crippen LogP contribution in [0.15, 0.2) is 48.5 Å². The molecule has 29 heavy (non-hydrogen) atoms. The van der Waals surface area contributed by atoms with Crippen molar-refractivity contribution in [2.45, 2.75) is 6.10 Å². The Morgan fingerprint density at radius 2 is 1.90 bits per heavy atom. The van der Waals surface area contributed by atoms with Crippen molar-refractivity contribution in [3.05, 3.63) is 54.1 Å². The zero-order chi connectivity index (χ0) is 20.9. The quantitative estimate of drug-likeness (QED) is 0.645. The Hall–Kier alpha value is -3.27. The second-order valence-electron chi connectivity index (χ2n) is 6.33. The van der Waals surface area contributed by atoms with E-state index in [1.807, 2.05) is 12.1 Å². The molecule has 1 heterocycles. The number of carbonyl (C=O) groups is 2. The molecule has 2 N–H and O–H groups in total. The van der Waals surface area contributed by atoms with Crippen LogP contribution in [0.3, 0.4) is 0 Å². The normalized spacial score (nSPS) is 15.3. The van der Waals surface area contributed by atoms with Gasteiger partial charge in [0.15, 0.2) is 18.1 Å². The molecule has 0 spiro atoms. The molecule has 0 saturated carbocycles. The van der Waals surface area contributed by atoms with Gasteiger partial charge in [0.1, 0.15) is 12.7 Å². The third-order valence-corrected chi connectivity index (χ3v) is 4.44. The predicted molar refractivity (Wildman–Crippen MR) is 105 cm³/mol. The Kier molecular flexibility index (Phi) is 6.23. The predicted octanol–water partition coefficient (Wildman–Crippen LogP) is 1.17. The van der Waals surface area contributed by atoms with E-state index in [0.717, 1.165) is 6.26 Å². The molecule has 0 aromatic heterocycles. The highest BCUT2D eigenvalue weighted by atomic mass is 32.2. The van der Waals surface area contributed by atoms with E-state index in [-0.39, 0.29) is 30.5 Å². The van der Waals surface area contributed by atoms with Gasteiger partial charge in [-0.3, -0.25) is 9.52 Å². The average Bonchev–Trinajstić information content (AvgIpc) is 2.69. The van der Waals surface area contributed by atoms with E-state index < -0.39 is 28.5 Å². The van der Waals surface area contributed by atoms with E-state index in [0.29, 0.717) is 11.5 Å². The highest BCUT2D eigenvalue weighted by molar-refractivity contribution is 7.92. The standard InChI is InChI=1S/C19H20N2O7S/c1-29(24,25)21-14-6-4-5-13(9-14)19(23)27-12-18(22)20-10-15-11-26-16-7-2-3-8-17(16)28-15/h2-9,15,21H,10-12H2,1H3,(H,20,22)/t15-/m0/s1. The van der Waals surface area contributed by atoms with E-state index >= 15 is 0 Å². The number of fused-ring (bicyclic) bond motifs is 1. The van der Waals surface area contributed by atoms with Crippen molar-refractivity contribution < 1.29 is 32.2 Å². The fraction of sp³-hybridized carbons (Fsp3) is 0.263. The molecular weight excluding hydrogens is 400 g/mol. The molecule has 1 amide bonds. The van der Waals surface area contributed by atoms with Gasteiger partial charge in [-0.1, -0.05) is 18.2 Å². The Bertz CT molecular complexity index is 1010. The van der Waals surface area contributed by atoms with Gasteiger partial charge < -0.3 is 19.5 Å². The molecule has 10 heteroatoms. The maximum Gasteiger partial charge on any atom is 0.338 e. The molecule has 1 aliphatic heterocycles. The molecule has 0 aliphatic carbocycles. The third kappa shape index (κ3) is 6.11. The van der Waals surface area contributed by atoms with Gasteiger partial charge in [-0.2, -0.15) is 0 Å². The average molecular weight is 420 g/mol. The van der Waals surface area contributed by atoms with Crippen molar-refractivity contribution in [3.8, 4) is 11.5 Å². The molecule has 1 aliphatic rings. The van der Waals surface area contributed by atoms with Crippen molar-refractivity contribution in [2.75, 3.05) is 30.7 Å². The number of anilines is 1. The second-order valence-corrected chi connectivity index (χ2v) is 8.08. The molecule has 0 radical (unpaired) electrons. The van der Waals surface area contributed by atoms with Crippen molar-refractivity contribution in [1.29, 1.82) is 0 Å². The van der Waals surface area contributed by atoms with E-state index in [1.165, 1.54) is 24.3 Å². The van der Waals surface area contributed by atoms with Crippen LogP contribution in [0.5, 0.6) is 11.5 Å². The zero-order valence-electron chi connectivity index (χ0n) is 15.6. The summed E-state index contributed by atoms with van der Waals surface area (Å²) in [4.78, 5) is 24.0. The summed E-state index contributed by atoms with van der Waals surface area (Å²) in [5.74, 6) is 0.0123. The largest absolute Gasteiger partial charge is 0.486 e. The first-order valence-corrected chi connectivity index (χ1v) is 10.6. The number of hydrogen-bond acceptors (Lipinski definition) is 7. The Balaban J connectivity index is 1.45. The van der Waals surface area contributed by atoms with Crippen LogP contribution in [0.1, 0.15) is 10.4 Å². The van der Waals surface area contributed by atoms with E-state index in [1.54, 1.807) is 12.1 Å². The van der Waals surface area contributed by atoms with Gasteiger partial charge in [-0.25, -0.2) is 13.2 Å². The lowest BCUT2D eigenvalue weighted by Crippen LogP contribution is -2.42. The molecule has 3 rings (SSSR count). The summed E-state index contributed by atoms with van der Waals surface area (Å²) in [5, 5.41) is 2.62. The Morgan fingerprint density at radius 3 is 2.66 bits per heavy atom. The number of nitrogens with one attached hydrogen (secondary N) is 2. The smallest absolute Gasteiger partial charge is 0.338 e. The van der Waals surface area contributed by atoms with Gasteiger partial charge in [-0.15, -0.1) is 0 Å². The van der Waals surface area contributed by atoms with Gasteiger partial charge in [0, 0.05) is 5.69 Å². The lowest BCUT2D eigenvalue weighted by atomic mass is 10.2. The van der Waals surface area contributed by atoms with E-state index in [9.17, 15) is 18.0 Å². The number of esters is 1. The van der Waals surface area contributed by atoms with E-state index in [4.69, 9.17) is 14.2 Å². The molecule has 9 nitrogen and oxygen atoms in total. The molecule has 0 bridgehead atoms. The molecule has 154 valence electrons. The number of benzene rings is 2. The van der Waals surface area contributed by atoms with Crippen LogP contribution < -0.4 is 19.5 Å². The van der Waals surface area contributed by atoms with E-state index in [2.05, 4.69) is 10.0 Å². The summed E-state index contributed by atoms with van der Waals surface area (Å²) in [5.41, 5.74) is 0.341. The van der Waals surface area contributed by atoms with Crippen LogP contribution >= 0.6 is 0 Å². The van der Waals surface area contributed by atoms with Crippen LogP contribution in [-0.2, 0) is 19.6 Å².